The molecule has 1 saturated heterocycles. The van der Waals surface area contributed by atoms with Crippen molar-refractivity contribution in [1.82, 2.24) is 10.6 Å². The number of rotatable bonds is 2. The van der Waals surface area contributed by atoms with Gasteiger partial charge in [-0.05, 0) is 31.2 Å². The van der Waals surface area contributed by atoms with Gasteiger partial charge in [-0.3, -0.25) is 4.79 Å². The van der Waals surface area contributed by atoms with Crippen LogP contribution < -0.4 is 10.6 Å². The van der Waals surface area contributed by atoms with Crippen molar-refractivity contribution in [3.63, 3.8) is 0 Å². The molecule has 0 aromatic heterocycles. The molecule has 20 heavy (non-hydrogen) atoms. The maximum atomic E-state index is 13.1. The molecule has 2 N–H and O–H groups in total. The second kappa shape index (κ2) is 6.41. The zero-order valence-corrected chi connectivity index (χ0v) is 11.1. The van der Waals surface area contributed by atoms with E-state index in [1.165, 1.54) is 0 Å². The van der Waals surface area contributed by atoms with Crippen LogP contribution in [-0.2, 0) is 6.18 Å². The average Bonchev–Trinajstić information content (AvgIpc) is 2.79. The molecule has 1 unspecified atom stereocenters. The van der Waals surface area contributed by atoms with Crippen molar-refractivity contribution in [2.24, 2.45) is 0 Å². The highest BCUT2D eigenvalue weighted by atomic mass is 35.5. The smallest absolute Gasteiger partial charge is 0.348 e. The third-order valence-corrected chi connectivity index (χ3v) is 2.88. The summed E-state index contributed by atoms with van der Waals surface area (Å²) in [7, 11) is 0. The molecule has 0 aliphatic carbocycles. The van der Waals surface area contributed by atoms with Gasteiger partial charge >= 0.3 is 6.18 Å². The largest absolute Gasteiger partial charge is 0.416 e. The summed E-state index contributed by atoms with van der Waals surface area (Å²) in [6, 6.07) is 1.69. The van der Waals surface area contributed by atoms with Crippen LogP contribution in [0.1, 0.15) is 22.3 Å². The maximum absolute atomic E-state index is 13.1. The lowest BCUT2D eigenvalue weighted by atomic mass is 10.1. The van der Waals surface area contributed by atoms with Gasteiger partial charge in [-0.2, -0.15) is 13.2 Å². The number of hydrogen-bond donors (Lipinski definition) is 2. The maximum Gasteiger partial charge on any atom is 0.416 e. The monoisotopic (exact) mass is 312 g/mol. The molecule has 0 bridgehead atoms. The number of halogens is 5. The van der Waals surface area contributed by atoms with Gasteiger partial charge in [0.1, 0.15) is 5.82 Å². The molecule has 0 saturated carbocycles. The van der Waals surface area contributed by atoms with E-state index in [-0.39, 0.29) is 24.0 Å². The molecule has 1 aliphatic rings. The number of amides is 1. The van der Waals surface area contributed by atoms with E-state index in [0.717, 1.165) is 12.6 Å². The number of carbonyl (C=O) groups is 1. The molecule has 1 amide bonds. The molecule has 1 aromatic rings. The molecule has 1 aliphatic heterocycles. The van der Waals surface area contributed by atoms with Crippen molar-refractivity contribution in [3.8, 4) is 0 Å². The molecule has 1 fully saturated rings. The fraction of sp³-hybridized carbons (Fsp3) is 0.417. The van der Waals surface area contributed by atoms with E-state index in [9.17, 15) is 22.4 Å². The van der Waals surface area contributed by atoms with Crippen LogP contribution >= 0.6 is 12.4 Å². The molecule has 1 aromatic carbocycles. The summed E-state index contributed by atoms with van der Waals surface area (Å²) >= 11 is 0. The molecule has 1 atom stereocenters. The Hall–Kier alpha value is -1.34. The predicted molar refractivity (Wildman–Crippen MR) is 67.4 cm³/mol. The van der Waals surface area contributed by atoms with Gasteiger partial charge in [0.25, 0.3) is 5.91 Å². The quantitative estimate of drug-likeness (QED) is 0.823. The fourth-order valence-corrected chi connectivity index (χ4v) is 1.93. The van der Waals surface area contributed by atoms with Gasteiger partial charge in [-0.15, -0.1) is 12.4 Å². The molecule has 8 heteroatoms. The Bertz CT molecular complexity index is 487. The third-order valence-electron chi connectivity index (χ3n) is 2.88. The number of carbonyl (C=O) groups excluding carboxylic acids is 1. The normalized spacial score (nSPS) is 18.5. The highest BCUT2D eigenvalue weighted by Crippen LogP contribution is 2.30. The van der Waals surface area contributed by atoms with E-state index in [0.29, 0.717) is 25.1 Å². The first-order chi connectivity index (χ1) is 8.86. The zero-order chi connectivity index (χ0) is 14.0. The van der Waals surface area contributed by atoms with E-state index >= 15 is 0 Å². The predicted octanol–water partition coefficient (Wildman–Crippen LogP) is 2.36. The summed E-state index contributed by atoms with van der Waals surface area (Å²) in [4.78, 5) is 11.8. The van der Waals surface area contributed by atoms with Gasteiger partial charge in [0.15, 0.2) is 0 Å². The minimum absolute atomic E-state index is 0. The van der Waals surface area contributed by atoms with E-state index in [4.69, 9.17) is 0 Å². The second-order valence-corrected chi connectivity index (χ2v) is 4.39. The third kappa shape index (κ3) is 4.08. The van der Waals surface area contributed by atoms with Gasteiger partial charge in [0.05, 0.1) is 5.56 Å². The molecule has 0 radical (unpaired) electrons. The first kappa shape index (κ1) is 16.7. The number of nitrogens with one attached hydrogen (secondary N) is 2. The van der Waals surface area contributed by atoms with Crippen molar-refractivity contribution in [2.75, 3.05) is 13.1 Å². The van der Waals surface area contributed by atoms with Crippen LogP contribution in [0.2, 0.25) is 0 Å². The fourth-order valence-electron chi connectivity index (χ4n) is 1.93. The molecule has 3 nitrogen and oxygen atoms in total. The molecule has 0 spiro atoms. The van der Waals surface area contributed by atoms with Crippen LogP contribution in [0.3, 0.4) is 0 Å². The standard InChI is InChI=1S/C12H12F4N2O.ClH/c13-9-4-7(3-8(5-9)12(14,15)16)11(19)18-10-1-2-17-6-10;/h3-5,10,17H,1-2,6H2,(H,18,19);1H. The molecular weight excluding hydrogens is 300 g/mol. The summed E-state index contributed by atoms with van der Waals surface area (Å²) in [5.41, 5.74) is -1.48. The topological polar surface area (TPSA) is 41.1 Å². The van der Waals surface area contributed by atoms with Crippen molar-refractivity contribution >= 4 is 18.3 Å². The van der Waals surface area contributed by atoms with Crippen LogP contribution in [0, 0.1) is 5.82 Å². The Balaban J connectivity index is 0.00000200. The summed E-state index contributed by atoms with van der Waals surface area (Å²) in [6.45, 7) is 1.30. The Kier molecular flexibility index (Phi) is 5.35. The van der Waals surface area contributed by atoms with Gasteiger partial charge in [-0.1, -0.05) is 0 Å². The minimum Gasteiger partial charge on any atom is -0.348 e. The Labute approximate surface area is 119 Å². The zero-order valence-electron chi connectivity index (χ0n) is 10.3. The van der Waals surface area contributed by atoms with Crippen molar-refractivity contribution in [1.29, 1.82) is 0 Å². The lowest BCUT2D eigenvalue weighted by molar-refractivity contribution is -0.137. The van der Waals surface area contributed by atoms with Crippen LogP contribution in [0.5, 0.6) is 0 Å². The SMILES string of the molecule is Cl.O=C(NC1CCNC1)c1cc(F)cc(C(F)(F)F)c1. The van der Waals surface area contributed by atoms with E-state index in [1.807, 2.05) is 0 Å². The first-order valence-electron chi connectivity index (χ1n) is 5.75. The molecule has 1 heterocycles. The Morgan fingerprint density at radius 2 is 2.00 bits per heavy atom. The van der Waals surface area contributed by atoms with Gasteiger partial charge in [0.2, 0.25) is 0 Å². The van der Waals surface area contributed by atoms with Crippen molar-refractivity contribution in [3.05, 3.63) is 35.1 Å². The average molecular weight is 313 g/mol. The van der Waals surface area contributed by atoms with Gasteiger partial charge in [-0.25, -0.2) is 4.39 Å². The number of alkyl halides is 3. The van der Waals surface area contributed by atoms with Crippen molar-refractivity contribution in [2.45, 2.75) is 18.6 Å². The van der Waals surface area contributed by atoms with Gasteiger partial charge in [0, 0.05) is 18.2 Å². The lowest BCUT2D eigenvalue weighted by Gasteiger charge is -2.13. The summed E-state index contributed by atoms with van der Waals surface area (Å²) in [5, 5.41) is 5.57. The highest BCUT2D eigenvalue weighted by molar-refractivity contribution is 5.94. The Morgan fingerprint density at radius 1 is 1.30 bits per heavy atom. The second-order valence-electron chi connectivity index (χ2n) is 4.39. The summed E-state index contributed by atoms with van der Waals surface area (Å²) in [6.07, 6.45) is -3.97. The lowest BCUT2D eigenvalue weighted by Crippen LogP contribution is -2.36. The van der Waals surface area contributed by atoms with E-state index in [2.05, 4.69) is 10.6 Å². The molecule has 2 rings (SSSR count). The molecule has 112 valence electrons. The first-order valence-corrected chi connectivity index (χ1v) is 5.75. The summed E-state index contributed by atoms with van der Waals surface area (Å²) in [5.74, 6) is -1.77. The minimum atomic E-state index is -4.67. The van der Waals surface area contributed by atoms with Crippen LogP contribution in [0.4, 0.5) is 17.6 Å². The van der Waals surface area contributed by atoms with Gasteiger partial charge < -0.3 is 10.6 Å². The van der Waals surface area contributed by atoms with E-state index < -0.39 is 23.5 Å². The van der Waals surface area contributed by atoms with Crippen LogP contribution in [-0.4, -0.2) is 25.0 Å². The van der Waals surface area contributed by atoms with Crippen molar-refractivity contribution < 1.29 is 22.4 Å². The van der Waals surface area contributed by atoms with Crippen LogP contribution in [0.25, 0.3) is 0 Å². The number of benzene rings is 1. The van der Waals surface area contributed by atoms with Crippen LogP contribution in [0.15, 0.2) is 18.2 Å². The molecular formula is C12H13ClF4N2O. The Morgan fingerprint density at radius 3 is 2.55 bits per heavy atom. The summed E-state index contributed by atoms with van der Waals surface area (Å²) < 4.78 is 50.7. The van der Waals surface area contributed by atoms with E-state index in [1.54, 1.807) is 0 Å². The number of hydrogen-bond acceptors (Lipinski definition) is 2. The highest BCUT2D eigenvalue weighted by Gasteiger charge is 2.32.